The van der Waals surface area contributed by atoms with E-state index >= 15 is 0 Å². The van der Waals surface area contributed by atoms with Crippen LogP contribution in [0.2, 0.25) is 0 Å². The van der Waals surface area contributed by atoms with Crippen molar-refractivity contribution in [3.63, 3.8) is 0 Å². The summed E-state index contributed by atoms with van der Waals surface area (Å²) in [5.41, 5.74) is 31.9. The summed E-state index contributed by atoms with van der Waals surface area (Å²) in [6, 6.07) is 57.4. The molecule has 9 aromatic carbocycles. The molecule has 0 bridgehead atoms. The quantitative estimate of drug-likeness (QED) is 0.127. The smallest absolute Gasteiger partial charge is 0.256 e. The second-order valence-corrected chi connectivity index (χ2v) is 30.7. The molecule has 0 saturated carbocycles. The number of ether oxygens (including phenoxy) is 2. The second kappa shape index (κ2) is 18.8. The normalized spacial score (nSPS) is 14.9. The highest BCUT2D eigenvalue weighted by molar-refractivity contribution is 8.00. The second-order valence-electron chi connectivity index (χ2n) is 29.3. The zero-order chi connectivity index (χ0) is 60.2. The van der Waals surface area contributed by atoms with E-state index in [4.69, 9.17) is 9.47 Å². The van der Waals surface area contributed by atoms with Gasteiger partial charge in [-0.15, -0.1) is 0 Å². The van der Waals surface area contributed by atoms with E-state index in [1.54, 1.807) is 23.9 Å². The van der Waals surface area contributed by atoms with Gasteiger partial charge in [-0.3, -0.25) is 8.61 Å². The standard InChI is InChI=1S/C75H75B3N4O2S2/c1-42-30-61-69-62(31-42)80(50-26-20-46(21-27-50)73(7,8)9)58-40-59-53(38-52(58)76(69)51-36-47(74(10,11)12)22-28-57(51)79(61)49-24-18-45(19-25-49)72(4,5)6)78-56-39-54-60(41-66(56)84-68-35-44(3)32-63(71(68)78)81(59)85-16)82(86-17)64-33-43(2)34-67-70(64)77(54)55-37-48(75(13,14)15)23-29-65(55)83-67/h18-41H,1-17H3. The summed E-state index contributed by atoms with van der Waals surface area (Å²) >= 11 is 3.52. The van der Waals surface area contributed by atoms with E-state index in [1.807, 2.05) is 0 Å². The third-order valence-electron chi connectivity index (χ3n) is 19.3. The van der Waals surface area contributed by atoms with Gasteiger partial charge in [0.1, 0.15) is 23.0 Å². The van der Waals surface area contributed by atoms with E-state index in [0.717, 1.165) is 40.1 Å². The van der Waals surface area contributed by atoms with Crippen LogP contribution in [-0.2, 0) is 21.7 Å². The van der Waals surface area contributed by atoms with Crippen molar-refractivity contribution in [2.45, 2.75) is 126 Å². The maximum atomic E-state index is 7.43. The number of hydrogen-bond acceptors (Lipinski definition) is 8. The Morgan fingerprint density at radius 1 is 0.302 bits per heavy atom. The molecule has 6 aliphatic heterocycles. The fraction of sp³-hybridized carbons (Fsp3) is 0.280. The summed E-state index contributed by atoms with van der Waals surface area (Å²) in [6.07, 6.45) is 4.43. The van der Waals surface area contributed by atoms with Crippen LogP contribution in [0.5, 0.6) is 23.0 Å². The van der Waals surface area contributed by atoms with Crippen LogP contribution in [0.4, 0.5) is 56.9 Å². The monoisotopic (exact) mass is 1160 g/mol. The predicted molar refractivity (Wildman–Crippen MR) is 376 cm³/mol. The Morgan fingerprint density at radius 3 is 1.17 bits per heavy atom. The summed E-state index contributed by atoms with van der Waals surface area (Å²) in [5, 5.41) is 0. The van der Waals surface area contributed by atoms with E-state index < -0.39 is 0 Å². The van der Waals surface area contributed by atoms with Crippen molar-refractivity contribution >= 4 is 150 Å². The summed E-state index contributed by atoms with van der Waals surface area (Å²) in [5.74, 6) is 3.68. The van der Waals surface area contributed by atoms with Crippen molar-refractivity contribution in [1.82, 2.24) is 0 Å². The van der Waals surface area contributed by atoms with E-state index in [-0.39, 0.29) is 41.8 Å². The Balaban J connectivity index is 1.02. The van der Waals surface area contributed by atoms with E-state index in [2.05, 4.69) is 280 Å². The highest BCUT2D eigenvalue weighted by atomic mass is 32.2. The van der Waals surface area contributed by atoms with Gasteiger partial charge < -0.3 is 19.3 Å². The van der Waals surface area contributed by atoms with Crippen LogP contribution in [0.1, 0.15) is 122 Å². The van der Waals surface area contributed by atoms with Gasteiger partial charge in [-0.2, -0.15) is 0 Å². The SMILES string of the molecule is CSN1c2cc3c(cc2B2c4cc(C(C)(C)C)ccc4Oc4cc(C)cc1c42)B1c2cc4c(cc2N(SC)c2cc(C)cc(c21)O3)N(c1ccc(C(C)(C)C)cc1)c1cc(C)cc2c1B4c1cc(C(C)(C)C)ccc1N2c1ccc(C(C)(C)C)cc1. The number of nitrogens with zero attached hydrogens (tertiary/aromatic N) is 4. The maximum Gasteiger partial charge on any atom is 0.256 e. The van der Waals surface area contributed by atoms with Crippen LogP contribution in [-0.4, -0.2) is 32.6 Å². The highest BCUT2D eigenvalue weighted by Gasteiger charge is 2.50. The molecule has 15 rings (SSSR count). The molecule has 0 atom stereocenters. The fourth-order valence-corrected chi connectivity index (χ4v) is 16.3. The molecule has 0 amide bonds. The minimum atomic E-state index is -0.152. The van der Waals surface area contributed by atoms with Gasteiger partial charge >= 0.3 is 0 Å². The van der Waals surface area contributed by atoms with Crippen molar-refractivity contribution in [1.29, 1.82) is 0 Å². The number of benzene rings is 9. The third kappa shape index (κ3) is 8.25. The summed E-state index contributed by atoms with van der Waals surface area (Å²) in [4.78, 5) is 5.18. The zero-order valence-electron chi connectivity index (χ0n) is 53.0. The lowest BCUT2D eigenvalue weighted by atomic mass is 9.29. The highest BCUT2D eigenvalue weighted by Crippen LogP contribution is 2.50. The summed E-state index contributed by atoms with van der Waals surface area (Å²) in [7, 11) is 0. The van der Waals surface area contributed by atoms with Crippen LogP contribution in [0.3, 0.4) is 0 Å². The van der Waals surface area contributed by atoms with Gasteiger partial charge in [-0.1, -0.05) is 144 Å². The summed E-state index contributed by atoms with van der Waals surface area (Å²) in [6.45, 7) is 34.2. The zero-order valence-corrected chi connectivity index (χ0v) is 54.6. The Hall–Kier alpha value is -7.33. The lowest BCUT2D eigenvalue weighted by Crippen LogP contribution is -2.65. The predicted octanol–water partition coefficient (Wildman–Crippen LogP) is 14.6. The molecule has 428 valence electrons. The molecular weight excluding hydrogens is 1090 g/mol. The van der Waals surface area contributed by atoms with Crippen LogP contribution in [0.15, 0.2) is 146 Å². The van der Waals surface area contributed by atoms with Gasteiger partial charge in [0.2, 0.25) is 0 Å². The van der Waals surface area contributed by atoms with Crippen molar-refractivity contribution in [3.05, 3.63) is 185 Å². The lowest BCUT2D eigenvalue weighted by molar-refractivity contribution is 0.486. The topological polar surface area (TPSA) is 31.4 Å². The summed E-state index contributed by atoms with van der Waals surface area (Å²) < 4.78 is 19.3. The first-order valence-electron chi connectivity index (χ1n) is 30.7. The first-order chi connectivity index (χ1) is 40.8. The molecule has 0 radical (unpaired) electrons. The molecule has 0 saturated heterocycles. The van der Waals surface area contributed by atoms with E-state index in [0.29, 0.717) is 0 Å². The average Bonchev–Trinajstić information content (AvgIpc) is 0.720. The molecule has 6 aliphatic rings. The number of aryl methyl sites for hydroxylation is 3. The van der Waals surface area contributed by atoms with Crippen LogP contribution < -0.4 is 77.0 Å². The molecule has 0 unspecified atom stereocenters. The van der Waals surface area contributed by atoms with Gasteiger partial charge in [0.25, 0.3) is 20.1 Å². The van der Waals surface area contributed by atoms with Gasteiger partial charge in [-0.05, 0) is 233 Å². The first-order valence-corrected chi connectivity index (χ1v) is 33.1. The minimum absolute atomic E-state index is 0.00706. The minimum Gasteiger partial charge on any atom is -0.458 e. The van der Waals surface area contributed by atoms with Crippen LogP contribution >= 0.6 is 23.9 Å². The van der Waals surface area contributed by atoms with Crippen LogP contribution in [0.25, 0.3) is 0 Å². The molecule has 0 N–H and O–H groups in total. The van der Waals surface area contributed by atoms with E-state index in [1.165, 1.54) is 128 Å². The number of anilines is 10. The van der Waals surface area contributed by atoms with Gasteiger partial charge in [0.15, 0.2) is 0 Å². The molecule has 9 aromatic rings. The van der Waals surface area contributed by atoms with Crippen molar-refractivity contribution < 1.29 is 9.47 Å². The molecule has 0 aromatic heterocycles. The first kappa shape index (κ1) is 55.3. The molecule has 11 heteroatoms. The Bertz CT molecular complexity index is 4400. The maximum absolute atomic E-state index is 7.43. The fourth-order valence-electron chi connectivity index (χ4n) is 14.9. The average molecular weight is 1160 g/mol. The Kier molecular flexibility index (Phi) is 12.1. The van der Waals surface area contributed by atoms with Gasteiger partial charge in [-0.25, -0.2) is 0 Å². The molecule has 0 fully saturated rings. The Labute approximate surface area is 520 Å². The molecule has 86 heavy (non-hydrogen) atoms. The number of fused-ring (bicyclic) bond motifs is 12. The molecular formula is C75H75B3N4O2S2. The molecule has 6 nitrogen and oxygen atoms in total. The van der Waals surface area contributed by atoms with Crippen molar-refractivity contribution in [2.24, 2.45) is 0 Å². The number of rotatable bonds is 4. The van der Waals surface area contributed by atoms with Crippen molar-refractivity contribution in [2.75, 3.05) is 30.9 Å². The van der Waals surface area contributed by atoms with Gasteiger partial charge in [0.05, 0.1) is 17.1 Å². The lowest BCUT2D eigenvalue weighted by Gasteiger charge is -2.46. The Morgan fingerprint density at radius 2 is 0.674 bits per heavy atom. The largest absolute Gasteiger partial charge is 0.458 e. The molecule has 0 spiro atoms. The molecule has 6 heterocycles. The van der Waals surface area contributed by atoms with Crippen LogP contribution in [0, 0.1) is 20.8 Å². The van der Waals surface area contributed by atoms with Gasteiger partial charge in [0, 0.05) is 58.4 Å². The van der Waals surface area contributed by atoms with E-state index in [9.17, 15) is 0 Å². The third-order valence-corrected chi connectivity index (χ3v) is 20.8. The van der Waals surface area contributed by atoms with Crippen molar-refractivity contribution in [3.8, 4) is 23.0 Å². The molecule has 0 aliphatic carbocycles. The number of hydrogen-bond donors (Lipinski definition) is 0.